The summed E-state index contributed by atoms with van der Waals surface area (Å²) in [6.07, 6.45) is 1.91. The third kappa shape index (κ3) is 4.23. The number of rotatable bonds is 6. The van der Waals surface area contributed by atoms with Gasteiger partial charge in [-0.3, -0.25) is 24.1 Å². The maximum Gasteiger partial charge on any atom is 0.373 e. The predicted molar refractivity (Wildman–Crippen MR) is 71.3 cm³/mol. The number of hydroxylamine groups is 2. The molecule has 0 aromatic carbocycles. The topological polar surface area (TPSA) is 133 Å². The molecule has 1 rings (SSSR count). The van der Waals surface area contributed by atoms with Gasteiger partial charge >= 0.3 is 13.0 Å². The minimum absolute atomic E-state index is 0.0226. The Morgan fingerprint density at radius 1 is 1.45 bits per heavy atom. The van der Waals surface area contributed by atoms with E-state index in [0.717, 1.165) is 19.1 Å². The highest BCUT2D eigenvalue weighted by Gasteiger charge is 2.38. The van der Waals surface area contributed by atoms with E-state index in [1.807, 2.05) is 0 Å². The minimum Gasteiger partial charge on any atom is -0.437 e. The van der Waals surface area contributed by atoms with Crippen LogP contribution in [0.4, 0.5) is 0 Å². The lowest BCUT2D eigenvalue weighted by Gasteiger charge is -2.26. The number of amides is 4. The maximum atomic E-state index is 12.0. The Hall–Kier alpha value is -2.53. The molecule has 0 saturated carbocycles. The second-order valence-electron chi connectivity index (χ2n) is 4.34. The lowest BCUT2D eigenvalue weighted by molar-refractivity contribution is -0.199. The lowest BCUT2D eigenvalue weighted by atomic mass is 9.88. The molecule has 11 heteroatoms. The van der Waals surface area contributed by atoms with Crippen LogP contribution in [0.25, 0.3) is 0 Å². The molecule has 1 heterocycles. The summed E-state index contributed by atoms with van der Waals surface area (Å²) < 4.78 is 0. The van der Waals surface area contributed by atoms with Crippen LogP contribution in [-0.4, -0.2) is 64.7 Å². The van der Waals surface area contributed by atoms with Crippen molar-refractivity contribution in [3.05, 3.63) is 12.2 Å². The van der Waals surface area contributed by atoms with E-state index < -0.39 is 36.8 Å². The van der Waals surface area contributed by atoms with E-state index in [1.54, 1.807) is 0 Å². The zero-order valence-corrected chi connectivity index (χ0v) is 11.9. The van der Waals surface area contributed by atoms with Crippen LogP contribution in [0, 0.1) is 0 Å². The van der Waals surface area contributed by atoms with Crippen LogP contribution in [0.15, 0.2) is 12.2 Å². The average molecular weight is 311 g/mol. The Balaban J connectivity index is 2.92. The summed E-state index contributed by atoms with van der Waals surface area (Å²) in [5, 5.41) is 11.8. The first-order valence-electron chi connectivity index (χ1n) is 6.21. The molecule has 0 unspecified atom stereocenters. The molecule has 2 N–H and O–H groups in total. The minimum atomic E-state index is -1.45. The number of nitrogens with one attached hydrogen (secondary N) is 1. The van der Waals surface area contributed by atoms with E-state index in [9.17, 15) is 29.0 Å². The van der Waals surface area contributed by atoms with Gasteiger partial charge in [0.25, 0.3) is 24.1 Å². The van der Waals surface area contributed by atoms with Crippen molar-refractivity contribution in [3.8, 4) is 0 Å². The highest BCUT2D eigenvalue weighted by molar-refractivity contribution is 6.45. The number of carbonyl (C=O) groups excluding carboxylic acids is 5. The summed E-state index contributed by atoms with van der Waals surface area (Å²) >= 11 is 0. The molecule has 1 aliphatic heterocycles. The molecule has 0 aliphatic carbocycles. The fourth-order valence-corrected chi connectivity index (χ4v) is 1.60. The van der Waals surface area contributed by atoms with Gasteiger partial charge in [-0.2, -0.15) is 0 Å². The summed E-state index contributed by atoms with van der Waals surface area (Å²) in [5.74, 6) is -3.54. The van der Waals surface area contributed by atoms with Gasteiger partial charge in [0.1, 0.15) is 0 Å². The first-order chi connectivity index (χ1) is 10.3. The van der Waals surface area contributed by atoms with Gasteiger partial charge in [0.15, 0.2) is 6.04 Å². The number of carbonyl (C=O) groups is 5. The third-order valence-corrected chi connectivity index (χ3v) is 2.63. The van der Waals surface area contributed by atoms with Gasteiger partial charge in [-0.25, -0.2) is 4.79 Å². The van der Waals surface area contributed by atoms with Gasteiger partial charge in [-0.1, -0.05) is 0 Å². The molecule has 1 atom stereocenters. The van der Waals surface area contributed by atoms with Gasteiger partial charge in [0.05, 0.1) is 0 Å². The fourth-order valence-electron chi connectivity index (χ4n) is 1.60. The van der Waals surface area contributed by atoms with Gasteiger partial charge in [0.2, 0.25) is 0 Å². The zero-order chi connectivity index (χ0) is 16.9. The molecular weight excluding hydrogens is 297 g/mol. The molecule has 4 amide bonds. The average Bonchev–Trinajstić information content (AvgIpc) is 2.76. The van der Waals surface area contributed by atoms with Crippen molar-refractivity contribution in [1.82, 2.24) is 15.2 Å². The maximum absolute atomic E-state index is 12.0. The molecule has 0 spiro atoms. The highest BCUT2D eigenvalue weighted by Crippen LogP contribution is 2.11. The third-order valence-electron chi connectivity index (χ3n) is 2.63. The van der Waals surface area contributed by atoms with E-state index in [2.05, 4.69) is 10.1 Å². The first-order valence-corrected chi connectivity index (χ1v) is 6.21. The molecule has 0 fully saturated rings. The number of hydrogen-bond acceptors (Lipinski definition) is 8. The molecule has 0 radical (unpaired) electrons. The van der Waals surface area contributed by atoms with Crippen molar-refractivity contribution in [2.75, 3.05) is 6.54 Å². The summed E-state index contributed by atoms with van der Waals surface area (Å²) in [4.78, 5) is 62.1. The normalized spacial score (nSPS) is 14.8. The van der Waals surface area contributed by atoms with E-state index in [4.69, 9.17) is 0 Å². The largest absolute Gasteiger partial charge is 0.437 e. The van der Waals surface area contributed by atoms with E-state index >= 15 is 0 Å². The van der Waals surface area contributed by atoms with E-state index in [1.165, 1.54) is 6.82 Å². The van der Waals surface area contributed by atoms with Crippen molar-refractivity contribution in [2.45, 2.75) is 19.8 Å². The predicted octanol–water partition coefficient (Wildman–Crippen LogP) is -2.56. The molecule has 0 aromatic rings. The van der Waals surface area contributed by atoms with Crippen molar-refractivity contribution in [3.63, 3.8) is 0 Å². The van der Waals surface area contributed by atoms with Crippen LogP contribution in [0.1, 0.15) is 6.92 Å². The van der Waals surface area contributed by atoms with Crippen molar-refractivity contribution >= 4 is 37.2 Å². The molecule has 22 heavy (non-hydrogen) atoms. The number of hydrogen-bond donors (Lipinski definition) is 2. The quantitative estimate of drug-likeness (QED) is 0.237. The zero-order valence-electron chi connectivity index (χ0n) is 11.9. The van der Waals surface area contributed by atoms with Crippen molar-refractivity contribution in [2.24, 2.45) is 0 Å². The van der Waals surface area contributed by atoms with Crippen molar-refractivity contribution in [1.29, 1.82) is 0 Å². The van der Waals surface area contributed by atoms with E-state index in [-0.39, 0.29) is 18.0 Å². The molecule has 118 valence electrons. The van der Waals surface area contributed by atoms with Gasteiger partial charge in [-0.05, 0) is 6.82 Å². The highest BCUT2D eigenvalue weighted by atomic mass is 16.7. The van der Waals surface area contributed by atoms with Crippen LogP contribution in [0.5, 0.6) is 0 Å². The summed E-state index contributed by atoms with van der Waals surface area (Å²) in [5.41, 5.74) is 0. The van der Waals surface area contributed by atoms with Gasteiger partial charge in [0, 0.05) is 25.6 Å². The van der Waals surface area contributed by atoms with Crippen LogP contribution in [-0.2, 0) is 28.8 Å². The monoisotopic (exact) mass is 311 g/mol. The van der Waals surface area contributed by atoms with Gasteiger partial charge in [-0.15, -0.1) is 5.06 Å². The van der Waals surface area contributed by atoms with Crippen LogP contribution >= 0.6 is 0 Å². The van der Waals surface area contributed by atoms with Gasteiger partial charge < -0.3 is 15.1 Å². The Morgan fingerprint density at radius 2 is 2.00 bits per heavy atom. The SMILES string of the molecule is CB(O)NC[C@@H](C(=O)ON(C=O)C(C)=O)N1C(=O)C=CC1=O. The number of imide groups is 2. The Labute approximate surface area is 125 Å². The summed E-state index contributed by atoms with van der Waals surface area (Å²) in [7, 11) is -1.02. The second-order valence-corrected chi connectivity index (χ2v) is 4.34. The fraction of sp³-hybridized carbons (Fsp3) is 0.364. The Bertz CT molecular complexity index is 516. The molecule has 1 aliphatic rings. The molecule has 0 aromatic heterocycles. The van der Waals surface area contributed by atoms with Crippen LogP contribution in [0.3, 0.4) is 0 Å². The van der Waals surface area contributed by atoms with Crippen molar-refractivity contribution < 1.29 is 33.8 Å². The number of nitrogens with zero attached hydrogens (tertiary/aromatic N) is 2. The lowest BCUT2D eigenvalue weighted by Crippen LogP contribution is -2.54. The smallest absolute Gasteiger partial charge is 0.373 e. The molecule has 0 bridgehead atoms. The summed E-state index contributed by atoms with van der Waals surface area (Å²) in [6, 6.07) is -1.45. The summed E-state index contributed by atoms with van der Waals surface area (Å²) in [6.45, 7) is 2.03. The Kier molecular flexibility index (Phi) is 5.95. The first kappa shape index (κ1) is 17.5. The molecular formula is C11H14BN3O7. The van der Waals surface area contributed by atoms with Crippen LogP contribution < -0.4 is 5.23 Å². The molecule has 10 nitrogen and oxygen atoms in total. The van der Waals surface area contributed by atoms with Crippen LogP contribution in [0.2, 0.25) is 6.82 Å². The molecule has 0 saturated heterocycles. The van der Waals surface area contributed by atoms with E-state index in [0.29, 0.717) is 4.90 Å². The second kappa shape index (κ2) is 7.47. The Morgan fingerprint density at radius 3 is 2.41 bits per heavy atom. The standard InChI is InChI=1S/C11H14BN3O7/c1-7(17)14(6-16)22-11(20)8(5-13-12(2)21)15-9(18)3-4-10(15)19/h3-4,6,8,13,21H,5H2,1-2H3/t8-/m0/s1.